The van der Waals surface area contributed by atoms with Crippen LogP contribution in [0.3, 0.4) is 0 Å². The van der Waals surface area contributed by atoms with E-state index in [-0.39, 0.29) is 5.84 Å². The molecule has 0 radical (unpaired) electrons. The van der Waals surface area contributed by atoms with Crippen molar-refractivity contribution in [3.63, 3.8) is 0 Å². The first-order valence-corrected chi connectivity index (χ1v) is 7.02. The molecule has 0 atom stereocenters. The third-order valence-electron chi connectivity index (χ3n) is 3.42. The van der Waals surface area contributed by atoms with Crippen molar-refractivity contribution in [2.24, 2.45) is 5.73 Å². The zero-order valence-electron chi connectivity index (χ0n) is 10.6. The number of nitrogen functional groups attached to an aromatic ring is 1. The van der Waals surface area contributed by atoms with Crippen molar-refractivity contribution < 1.29 is 0 Å². The summed E-state index contributed by atoms with van der Waals surface area (Å²) in [7, 11) is 0. The second-order valence-corrected chi connectivity index (χ2v) is 5.36. The van der Waals surface area contributed by atoms with Gasteiger partial charge in [0.15, 0.2) is 0 Å². The van der Waals surface area contributed by atoms with Crippen LogP contribution >= 0.6 is 15.9 Å². The molecule has 1 heterocycles. The minimum absolute atomic E-state index is 0.109. The van der Waals surface area contributed by atoms with E-state index < -0.39 is 0 Å². The minimum Gasteiger partial charge on any atom is -0.384 e. The van der Waals surface area contributed by atoms with Gasteiger partial charge in [0, 0.05) is 36.2 Å². The Morgan fingerprint density at radius 2 is 2.00 bits per heavy atom. The number of anilines is 1. The van der Waals surface area contributed by atoms with Crippen molar-refractivity contribution in [3.8, 4) is 0 Å². The average Bonchev–Trinajstić information content (AvgIpc) is 2.38. The zero-order chi connectivity index (χ0) is 13.1. The minimum atomic E-state index is 0.109. The van der Waals surface area contributed by atoms with Crippen LogP contribution in [0.4, 0.5) is 5.69 Å². The predicted molar refractivity (Wildman–Crippen MR) is 79.5 cm³/mol. The third-order valence-corrected chi connectivity index (χ3v) is 4.05. The van der Waals surface area contributed by atoms with Crippen LogP contribution in [0.1, 0.15) is 12.5 Å². The molecule has 98 valence electrons. The molecule has 0 aliphatic carbocycles. The summed E-state index contributed by atoms with van der Waals surface area (Å²) in [6.07, 6.45) is 0. The lowest BCUT2D eigenvalue weighted by molar-refractivity contribution is 0.271. The first kappa shape index (κ1) is 13.4. The van der Waals surface area contributed by atoms with Crippen molar-refractivity contribution in [2.45, 2.75) is 6.92 Å². The largest absolute Gasteiger partial charge is 0.384 e. The molecule has 1 saturated heterocycles. The van der Waals surface area contributed by atoms with E-state index in [0.717, 1.165) is 42.8 Å². The van der Waals surface area contributed by atoms with E-state index in [4.69, 9.17) is 11.1 Å². The molecule has 4 nitrogen and oxygen atoms in total. The van der Waals surface area contributed by atoms with Crippen LogP contribution in [0.25, 0.3) is 0 Å². The third kappa shape index (κ3) is 2.84. The predicted octanol–water partition coefficient (Wildman–Crippen LogP) is 1.88. The lowest BCUT2D eigenvalue weighted by Crippen LogP contribution is -2.46. The van der Waals surface area contributed by atoms with Crippen molar-refractivity contribution in [3.05, 3.63) is 28.2 Å². The summed E-state index contributed by atoms with van der Waals surface area (Å²) < 4.78 is 1.01. The maximum absolute atomic E-state index is 7.44. The van der Waals surface area contributed by atoms with Crippen LogP contribution in [-0.4, -0.2) is 43.5 Å². The van der Waals surface area contributed by atoms with Crippen LogP contribution in [0.5, 0.6) is 0 Å². The number of benzene rings is 1. The monoisotopic (exact) mass is 310 g/mol. The van der Waals surface area contributed by atoms with Crippen LogP contribution < -0.4 is 10.6 Å². The maximum atomic E-state index is 7.44. The summed E-state index contributed by atoms with van der Waals surface area (Å²) in [4.78, 5) is 4.83. The Labute approximate surface area is 116 Å². The molecule has 1 aliphatic rings. The molecule has 1 fully saturated rings. The number of nitrogens with zero attached hydrogens (tertiary/aromatic N) is 2. The van der Waals surface area contributed by atoms with Gasteiger partial charge in [-0.3, -0.25) is 5.41 Å². The first-order valence-electron chi connectivity index (χ1n) is 6.23. The molecule has 3 N–H and O–H groups in total. The van der Waals surface area contributed by atoms with Gasteiger partial charge in [-0.1, -0.05) is 6.92 Å². The Balaban J connectivity index is 2.12. The highest BCUT2D eigenvalue weighted by molar-refractivity contribution is 9.10. The van der Waals surface area contributed by atoms with Gasteiger partial charge in [-0.15, -0.1) is 0 Å². The van der Waals surface area contributed by atoms with E-state index in [1.165, 1.54) is 5.69 Å². The maximum Gasteiger partial charge on any atom is 0.122 e. The van der Waals surface area contributed by atoms with Crippen molar-refractivity contribution >= 4 is 27.5 Å². The molecule has 1 aliphatic heterocycles. The Bertz CT molecular complexity index is 439. The van der Waals surface area contributed by atoms with E-state index >= 15 is 0 Å². The molecule has 0 unspecified atom stereocenters. The molecule has 18 heavy (non-hydrogen) atoms. The van der Waals surface area contributed by atoms with E-state index in [9.17, 15) is 0 Å². The number of piperazine rings is 1. The van der Waals surface area contributed by atoms with E-state index in [1.807, 2.05) is 18.2 Å². The van der Waals surface area contributed by atoms with Crippen LogP contribution in [0.2, 0.25) is 0 Å². The lowest BCUT2D eigenvalue weighted by atomic mass is 10.1. The van der Waals surface area contributed by atoms with Gasteiger partial charge in [0.1, 0.15) is 5.84 Å². The highest BCUT2D eigenvalue weighted by atomic mass is 79.9. The number of nitrogens with one attached hydrogen (secondary N) is 1. The van der Waals surface area contributed by atoms with Crippen molar-refractivity contribution in [1.29, 1.82) is 5.41 Å². The molecular formula is C13H19BrN4. The normalized spacial score (nSPS) is 16.9. The first-order chi connectivity index (χ1) is 8.61. The van der Waals surface area contributed by atoms with Crippen molar-refractivity contribution in [2.75, 3.05) is 37.6 Å². The summed E-state index contributed by atoms with van der Waals surface area (Å²) in [5.74, 6) is 0.109. The number of halogens is 1. The van der Waals surface area contributed by atoms with E-state index in [1.54, 1.807) is 0 Å². The quantitative estimate of drug-likeness (QED) is 0.662. The van der Waals surface area contributed by atoms with Gasteiger partial charge in [-0.25, -0.2) is 0 Å². The Morgan fingerprint density at radius 3 is 2.50 bits per heavy atom. The van der Waals surface area contributed by atoms with Gasteiger partial charge in [0.25, 0.3) is 0 Å². The fourth-order valence-electron chi connectivity index (χ4n) is 2.24. The summed E-state index contributed by atoms with van der Waals surface area (Å²) in [6, 6.07) is 5.88. The number of likely N-dealkylation sites (N-methyl/N-ethyl adjacent to an activating group) is 1. The summed E-state index contributed by atoms with van der Waals surface area (Å²) >= 11 is 3.58. The molecule has 2 rings (SSSR count). The number of nitrogens with two attached hydrogens (primary N) is 1. The molecule has 0 spiro atoms. The average molecular weight is 311 g/mol. The van der Waals surface area contributed by atoms with Crippen LogP contribution in [0.15, 0.2) is 22.7 Å². The smallest absolute Gasteiger partial charge is 0.122 e. The highest BCUT2D eigenvalue weighted by Crippen LogP contribution is 2.28. The standard InChI is InChI=1S/C13H19BrN4/c1-2-17-5-7-18(8-6-17)12-4-3-10(13(15)16)9-11(12)14/h3-4,9H,2,5-8H2,1H3,(H3,15,16). The molecule has 0 bridgehead atoms. The van der Waals surface area contributed by atoms with Crippen LogP contribution in [-0.2, 0) is 0 Å². The number of amidine groups is 1. The van der Waals surface area contributed by atoms with Crippen LogP contribution in [0, 0.1) is 5.41 Å². The fourth-order valence-corrected chi connectivity index (χ4v) is 2.87. The molecular weight excluding hydrogens is 292 g/mol. The van der Waals surface area contributed by atoms with Gasteiger partial charge in [0.2, 0.25) is 0 Å². The lowest BCUT2D eigenvalue weighted by Gasteiger charge is -2.36. The van der Waals surface area contributed by atoms with Gasteiger partial charge in [-0.2, -0.15) is 0 Å². The Morgan fingerprint density at radius 1 is 1.33 bits per heavy atom. The number of hydrogen-bond acceptors (Lipinski definition) is 3. The van der Waals surface area contributed by atoms with Gasteiger partial charge in [-0.05, 0) is 40.7 Å². The second-order valence-electron chi connectivity index (χ2n) is 4.50. The second kappa shape index (κ2) is 5.71. The summed E-state index contributed by atoms with van der Waals surface area (Å²) in [5, 5.41) is 7.44. The van der Waals surface area contributed by atoms with Gasteiger partial charge < -0.3 is 15.5 Å². The fraction of sp³-hybridized carbons (Fsp3) is 0.462. The summed E-state index contributed by atoms with van der Waals surface area (Å²) in [6.45, 7) is 7.64. The SMILES string of the molecule is CCN1CCN(c2ccc(C(=N)N)cc2Br)CC1. The van der Waals surface area contributed by atoms with E-state index in [2.05, 4.69) is 32.7 Å². The number of rotatable bonds is 3. The molecule has 1 aromatic carbocycles. The topological polar surface area (TPSA) is 56.4 Å². The van der Waals surface area contributed by atoms with E-state index in [0.29, 0.717) is 0 Å². The van der Waals surface area contributed by atoms with Crippen molar-refractivity contribution in [1.82, 2.24) is 4.90 Å². The zero-order valence-corrected chi connectivity index (χ0v) is 12.2. The molecule has 5 heteroatoms. The Kier molecular flexibility index (Phi) is 4.24. The molecule has 0 saturated carbocycles. The van der Waals surface area contributed by atoms with Gasteiger partial charge in [0.05, 0.1) is 5.69 Å². The Hall–Kier alpha value is -1.07. The number of hydrogen-bond donors (Lipinski definition) is 2. The molecule has 0 aromatic heterocycles. The highest BCUT2D eigenvalue weighted by Gasteiger charge is 2.17. The molecule has 1 aromatic rings. The van der Waals surface area contributed by atoms with Gasteiger partial charge >= 0.3 is 0 Å². The summed E-state index contributed by atoms with van der Waals surface area (Å²) in [5.41, 5.74) is 7.44. The molecule has 0 amide bonds.